The first-order chi connectivity index (χ1) is 12.8. The zero-order valence-corrected chi connectivity index (χ0v) is 15.7. The predicted molar refractivity (Wildman–Crippen MR) is 101 cm³/mol. The first-order valence-corrected chi connectivity index (χ1v) is 8.61. The van der Waals surface area contributed by atoms with Gasteiger partial charge in [0.25, 0.3) is 11.6 Å². The van der Waals surface area contributed by atoms with Crippen molar-refractivity contribution in [2.45, 2.75) is 6.61 Å². The number of nitrogens with zero attached hydrogens (tertiary/aromatic N) is 2. The number of hydrogen-bond acceptors (Lipinski definition) is 5. The molecule has 0 aliphatic carbocycles. The molecule has 1 heterocycles. The summed E-state index contributed by atoms with van der Waals surface area (Å²) in [6.07, 6.45) is 1.57. The Labute approximate surface area is 162 Å². The fraction of sp³-hybridized carbons (Fsp3) is 0.111. The second-order valence-electron chi connectivity index (χ2n) is 5.76. The third-order valence-electron chi connectivity index (χ3n) is 3.86. The van der Waals surface area contributed by atoms with Crippen LogP contribution in [0.5, 0.6) is 5.75 Å². The highest BCUT2D eigenvalue weighted by Crippen LogP contribution is 2.28. The number of halogens is 1. The third kappa shape index (κ3) is 4.14. The monoisotopic (exact) mass is 431 g/mol. The zero-order chi connectivity index (χ0) is 19.6. The molecule has 138 valence electrons. The Morgan fingerprint density at radius 3 is 2.67 bits per heavy atom. The van der Waals surface area contributed by atoms with Gasteiger partial charge in [-0.1, -0.05) is 18.2 Å². The number of non-ortho nitro benzene ring substituents is 1. The van der Waals surface area contributed by atoms with Crippen molar-refractivity contribution in [1.29, 1.82) is 0 Å². The second-order valence-corrected chi connectivity index (χ2v) is 6.61. The van der Waals surface area contributed by atoms with Crippen LogP contribution in [0.2, 0.25) is 0 Å². The van der Waals surface area contributed by atoms with E-state index >= 15 is 0 Å². The van der Waals surface area contributed by atoms with E-state index in [0.717, 1.165) is 4.90 Å². The van der Waals surface area contributed by atoms with E-state index in [1.165, 1.54) is 19.2 Å². The fourth-order valence-electron chi connectivity index (χ4n) is 2.43. The Balaban J connectivity index is 1.72. The quantitative estimate of drug-likeness (QED) is 0.338. The number of carbonyl (C=O) groups excluding carboxylic acids is 2. The highest BCUT2D eigenvalue weighted by molar-refractivity contribution is 9.10. The number of amides is 3. The van der Waals surface area contributed by atoms with Crippen molar-refractivity contribution < 1.29 is 19.2 Å². The van der Waals surface area contributed by atoms with E-state index in [0.29, 0.717) is 21.3 Å². The summed E-state index contributed by atoms with van der Waals surface area (Å²) in [6.45, 7) is 0.167. The van der Waals surface area contributed by atoms with E-state index in [-0.39, 0.29) is 18.0 Å². The highest BCUT2D eigenvalue weighted by atomic mass is 79.9. The molecule has 1 fully saturated rings. The van der Waals surface area contributed by atoms with Crippen LogP contribution >= 0.6 is 15.9 Å². The largest absolute Gasteiger partial charge is 0.488 e. The average Bonchev–Trinajstić information content (AvgIpc) is 2.88. The van der Waals surface area contributed by atoms with Gasteiger partial charge in [0.05, 0.1) is 9.40 Å². The van der Waals surface area contributed by atoms with Gasteiger partial charge in [-0.05, 0) is 45.3 Å². The Morgan fingerprint density at radius 1 is 1.26 bits per heavy atom. The first-order valence-electron chi connectivity index (χ1n) is 7.81. The van der Waals surface area contributed by atoms with E-state index < -0.39 is 16.9 Å². The number of ether oxygens (including phenoxy) is 1. The Morgan fingerprint density at radius 2 is 2.04 bits per heavy atom. The zero-order valence-electron chi connectivity index (χ0n) is 14.1. The predicted octanol–water partition coefficient (Wildman–Crippen LogP) is 3.46. The van der Waals surface area contributed by atoms with Crippen LogP contribution < -0.4 is 10.1 Å². The SMILES string of the molecule is CN1C(=O)N/C(=C/c2ccc(OCc3cccc([N+](=O)[O-])c3)c(Br)c2)C1=O. The normalized spacial score (nSPS) is 15.2. The summed E-state index contributed by atoms with van der Waals surface area (Å²) in [4.78, 5) is 34.7. The molecule has 0 spiro atoms. The number of imide groups is 1. The van der Waals surface area contributed by atoms with Crippen LogP contribution in [0.1, 0.15) is 11.1 Å². The van der Waals surface area contributed by atoms with Gasteiger partial charge >= 0.3 is 6.03 Å². The number of nitro groups is 1. The average molecular weight is 432 g/mol. The molecule has 1 aliphatic heterocycles. The summed E-state index contributed by atoms with van der Waals surface area (Å²) in [7, 11) is 1.40. The molecule has 0 unspecified atom stereocenters. The number of nitrogens with one attached hydrogen (secondary N) is 1. The molecule has 8 nitrogen and oxygen atoms in total. The Kier molecular flexibility index (Phi) is 5.22. The standard InChI is InChI=1S/C18H14BrN3O5/c1-21-17(23)15(20-18(21)24)9-11-5-6-16(14(19)8-11)27-10-12-3-2-4-13(7-12)22(25)26/h2-9H,10H2,1H3,(H,20,24)/b15-9+. The molecule has 27 heavy (non-hydrogen) atoms. The van der Waals surface area contributed by atoms with E-state index in [4.69, 9.17) is 4.74 Å². The van der Waals surface area contributed by atoms with Gasteiger partial charge < -0.3 is 10.1 Å². The van der Waals surface area contributed by atoms with Crippen LogP contribution in [-0.4, -0.2) is 28.8 Å². The van der Waals surface area contributed by atoms with E-state index in [9.17, 15) is 19.7 Å². The third-order valence-corrected chi connectivity index (χ3v) is 4.48. The van der Waals surface area contributed by atoms with Crippen molar-refractivity contribution in [2.24, 2.45) is 0 Å². The molecule has 1 N–H and O–H groups in total. The van der Waals surface area contributed by atoms with E-state index in [2.05, 4.69) is 21.2 Å². The molecule has 3 rings (SSSR count). The molecule has 0 bridgehead atoms. The van der Waals surface area contributed by atoms with Crippen LogP contribution in [0.15, 0.2) is 52.6 Å². The summed E-state index contributed by atoms with van der Waals surface area (Å²) >= 11 is 3.40. The van der Waals surface area contributed by atoms with Crippen molar-refractivity contribution in [3.05, 3.63) is 73.9 Å². The minimum Gasteiger partial charge on any atom is -0.488 e. The lowest BCUT2D eigenvalue weighted by molar-refractivity contribution is -0.384. The van der Waals surface area contributed by atoms with Crippen molar-refractivity contribution in [1.82, 2.24) is 10.2 Å². The number of carbonyl (C=O) groups is 2. The fourth-order valence-corrected chi connectivity index (χ4v) is 2.95. The van der Waals surface area contributed by atoms with Gasteiger partial charge in [0, 0.05) is 19.2 Å². The van der Waals surface area contributed by atoms with Gasteiger partial charge in [0.2, 0.25) is 0 Å². The molecule has 2 aromatic carbocycles. The van der Waals surface area contributed by atoms with Crippen LogP contribution in [0.4, 0.5) is 10.5 Å². The molecule has 2 aromatic rings. The number of likely N-dealkylation sites (N-methyl/N-ethyl adjacent to an activating group) is 1. The number of nitro benzene ring substituents is 1. The summed E-state index contributed by atoms with van der Waals surface area (Å²) in [5, 5.41) is 13.3. The molecule has 0 saturated carbocycles. The molecule has 0 atom stereocenters. The molecule has 1 saturated heterocycles. The smallest absolute Gasteiger partial charge is 0.328 e. The molecular weight excluding hydrogens is 418 g/mol. The van der Waals surface area contributed by atoms with Gasteiger partial charge in [-0.2, -0.15) is 0 Å². The van der Waals surface area contributed by atoms with Gasteiger partial charge in [-0.3, -0.25) is 19.8 Å². The van der Waals surface area contributed by atoms with Gasteiger partial charge in [-0.15, -0.1) is 0 Å². The Bertz CT molecular complexity index is 973. The summed E-state index contributed by atoms with van der Waals surface area (Å²) in [6, 6.07) is 10.9. The molecule has 3 amide bonds. The molecule has 0 aromatic heterocycles. The lowest BCUT2D eigenvalue weighted by Crippen LogP contribution is -2.25. The first kappa shape index (κ1) is 18.6. The minimum atomic E-state index is -0.470. The topological polar surface area (TPSA) is 102 Å². The highest BCUT2D eigenvalue weighted by Gasteiger charge is 2.29. The summed E-state index contributed by atoms with van der Waals surface area (Å²) in [5.74, 6) is 0.143. The van der Waals surface area contributed by atoms with Crippen molar-refractivity contribution >= 4 is 39.6 Å². The van der Waals surface area contributed by atoms with Crippen LogP contribution in [0, 0.1) is 10.1 Å². The lowest BCUT2D eigenvalue weighted by Gasteiger charge is -2.09. The number of benzene rings is 2. The van der Waals surface area contributed by atoms with Crippen molar-refractivity contribution in [3.63, 3.8) is 0 Å². The van der Waals surface area contributed by atoms with Gasteiger partial charge in [-0.25, -0.2) is 4.79 Å². The Hall–Kier alpha value is -3.20. The molecule has 0 radical (unpaired) electrons. The van der Waals surface area contributed by atoms with E-state index in [1.807, 2.05) is 0 Å². The van der Waals surface area contributed by atoms with Crippen LogP contribution in [0.3, 0.4) is 0 Å². The number of hydrogen-bond donors (Lipinski definition) is 1. The summed E-state index contributed by atoms with van der Waals surface area (Å²) < 4.78 is 6.35. The van der Waals surface area contributed by atoms with Crippen molar-refractivity contribution in [2.75, 3.05) is 7.05 Å². The molecular formula is C18H14BrN3O5. The lowest BCUT2D eigenvalue weighted by atomic mass is 10.2. The maximum atomic E-state index is 11.9. The summed E-state index contributed by atoms with van der Waals surface area (Å²) in [5.41, 5.74) is 1.57. The van der Waals surface area contributed by atoms with Crippen molar-refractivity contribution in [3.8, 4) is 5.75 Å². The maximum absolute atomic E-state index is 11.9. The van der Waals surface area contributed by atoms with Gasteiger partial charge in [0.15, 0.2) is 0 Å². The van der Waals surface area contributed by atoms with Crippen LogP contribution in [-0.2, 0) is 11.4 Å². The minimum absolute atomic E-state index is 0.00499. The van der Waals surface area contributed by atoms with Crippen LogP contribution in [0.25, 0.3) is 6.08 Å². The van der Waals surface area contributed by atoms with E-state index in [1.54, 1.807) is 36.4 Å². The molecule has 9 heteroatoms. The number of urea groups is 1. The second kappa shape index (κ2) is 7.58. The van der Waals surface area contributed by atoms with Gasteiger partial charge in [0.1, 0.15) is 18.1 Å². The molecule has 1 aliphatic rings. The maximum Gasteiger partial charge on any atom is 0.328 e. The number of rotatable bonds is 5.